The number of ketones is 1. The van der Waals surface area contributed by atoms with E-state index in [-0.39, 0.29) is 22.6 Å². The molecule has 138 valence electrons. The number of rotatable bonds is 5. The number of hydrogen-bond acceptors (Lipinski definition) is 5. The van der Waals surface area contributed by atoms with Gasteiger partial charge in [0.15, 0.2) is 5.78 Å². The van der Waals surface area contributed by atoms with E-state index in [1.165, 1.54) is 11.6 Å². The normalized spacial score (nSPS) is 10.7. The van der Waals surface area contributed by atoms with E-state index in [9.17, 15) is 9.59 Å². The van der Waals surface area contributed by atoms with Gasteiger partial charge in [0, 0.05) is 12.1 Å². The van der Waals surface area contributed by atoms with E-state index in [0.29, 0.717) is 23.1 Å². The van der Waals surface area contributed by atoms with E-state index in [0.717, 1.165) is 11.1 Å². The number of aryl methyl sites for hydroxylation is 2. The number of Topliss-reactive ketones (excluding diaryl/α,β-unsaturated/α-hetero) is 1. The molecule has 0 amide bonds. The zero-order chi connectivity index (χ0) is 19.6. The van der Waals surface area contributed by atoms with Crippen LogP contribution in [0.3, 0.4) is 0 Å². The second kappa shape index (κ2) is 7.72. The Morgan fingerprint density at radius 2 is 1.96 bits per heavy atom. The standard InChI is InChI=1S/C20H19ClN4O2/c1-4-25-20(27)19(23-15-11-22-16(21)10-12(15)2)17(13(3)26)18(24-25)14-8-6-5-7-9-14/h5-11,23H,4H2,1-3H3. The molecular formula is C20H19ClN4O2. The third-order valence-corrected chi connectivity index (χ3v) is 4.40. The van der Waals surface area contributed by atoms with Crippen LogP contribution in [0.5, 0.6) is 0 Å². The molecular weight excluding hydrogens is 364 g/mol. The smallest absolute Gasteiger partial charge is 0.291 e. The van der Waals surface area contributed by atoms with Crippen LogP contribution in [0.4, 0.5) is 11.4 Å². The highest BCUT2D eigenvalue weighted by molar-refractivity contribution is 6.29. The van der Waals surface area contributed by atoms with Crippen molar-refractivity contribution < 1.29 is 4.79 Å². The Kier molecular flexibility index (Phi) is 5.37. The van der Waals surface area contributed by atoms with Crippen molar-refractivity contribution in [2.24, 2.45) is 0 Å². The minimum atomic E-state index is -0.364. The summed E-state index contributed by atoms with van der Waals surface area (Å²) in [7, 11) is 0. The van der Waals surface area contributed by atoms with Crippen LogP contribution in [0, 0.1) is 6.92 Å². The first-order valence-electron chi connectivity index (χ1n) is 8.53. The highest BCUT2D eigenvalue weighted by Gasteiger charge is 2.22. The summed E-state index contributed by atoms with van der Waals surface area (Å²) in [5.41, 5.74) is 2.72. The summed E-state index contributed by atoms with van der Waals surface area (Å²) in [4.78, 5) is 29.5. The molecule has 1 N–H and O–H groups in total. The van der Waals surface area contributed by atoms with Crippen LogP contribution in [0.15, 0.2) is 47.4 Å². The molecule has 1 aromatic carbocycles. The zero-order valence-corrected chi connectivity index (χ0v) is 16.0. The molecule has 27 heavy (non-hydrogen) atoms. The van der Waals surface area contributed by atoms with Gasteiger partial charge in [-0.15, -0.1) is 0 Å². The van der Waals surface area contributed by atoms with Gasteiger partial charge in [-0.2, -0.15) is 5.10 Å². The van der Waals surface area contributed by atoms with Gasteiger partial charge in [0.05, 0.1) is 17.4 Å². The lowest BCUT2D eigenvalue weighted by molar-refractivity contribution is 0.101. The van der Waals surface area contributed by atoms with Crippen molar-refractivity contribution in [3.63, 3.8) is 0 Å². The summed E-state index contributed by atoms with van der Waals surface area (Å²) in [5, 5.41) is 7.87. The number of nitrogens with zero attached hydrogens (tertiary/aromatic N) is 3. The Bertz CT molecular complexity index is 1060. The topological polar surface area (TPSA) is 76.9 Å². The molecule has 0 unspecified atom stereocenters. The monoisotopic (exact) mass is 382 g/mol. The van der Waals surface area contributed by atoms with E-state index in [4.69, 9.17) is 11.6 Å². The molecule has 7 heteroatoms. The molecule has 0 fully saturated rings. The van der Waals surface area contributed by atoms with Gasteiger partial charge in [-0.05, 0) is 32.4 Å². The fourth-order valence-electron chi connectivity index (χ4n) is 2.83. The summed E-state index contributed by atoms with van der Waals surface area (Å²) in [6.07, 6.45) is 1.54. The van der Waals surface area contributed by atoms with Crippen molar-refractivity contribution in [1.82, 2.24) is 14.8 Å². The summed E-state index contributed by atoms with van der Waals surface area (Å²) in [6, 6.07) is 11.0. The highest BCUT2D eigenvalue weighted by atomic mass is 35.5. The Morgan fingerprint density at radius 1 is 1.26 bits per heavy atom. The predicted octanol–water partition coefficient (Wildman–Crippen LogP) is 4.23. The molecule has 0 aliphatic rings. The molecule has 0 bridgehead atoms. The van der Waals surface area contributed by atoms with Gasteiger partial charge in [-0.3, -0.25) is 9.59 Å². The third-order valence-electron chi connectivity index (χ3n) is 4.19. The molecule has 0 spiro atoms. The number of carbonyl (C=O) groups excluding carboxylic acids is 1. The average Bonchev–Trinajstić information content (AvgIpc) is 2.65. The van der Waals surface area contributed by atoms with Crippen LogP contribution < -0.4 is 10.9 Å². The SMILES string of the molecule is CCn1nc(-c2ccccc2)c(C(C)=O)c(Nc2cnc(Cl)cc2C)c1=O. The molecule has 3 aromatic rings. The van der Waals surface area contributed by atoms with Gasteiger partial charge in [0.25, 0.3) is 5.56 Å². The van der Waals surface area contributed by atoms with Crippen molar-refractivity contribution in [3.05, 3.63) is 69.2 Å². The number of nitrogens with one attached hydrogen (secondary N) is 1. The molecule has 0 saturated heterocycles. The number of benzene rings is 1. The Morgan fingerprint density at radius 3 is 2.56 bits per heavy atom. The average molecular weight is 383 g/mol. The first-order chi connectivity index (χ1) is 12.9. The van der Waals surface area contributed by atoms with Gasteiger partial charge >= 0.3 is 0 Å². The molecule has 0 saturated carbocycles. The molecule has 0 atom stereocenters. The quantitative estimate of drug-likeness (QED) is 0.527. The number of carbonyl (C=O) groups is 1. The minimum absolute atomic E-state index is 0.186. The summed E-state index contributed by atoms with van der Waals surface area (Å²) in [6.45, 7) is 5.48. The first-order valence-corrected chi connectivity index (χ1v) is 8.90. The van der Waals surface area contributed by atoms with Gasteiger partial charge in [0.1, 0.15) is 16.5 Å². The summed E-state index contributed by atoms with van der Waals surface area (Å²) >= 11 is 5.92. The van der Waals surface area contributed by atoms with Crippen molar-refractivity contribution >= 4 is 28.8 Å². The van der Waals surface area contributed by atoms with Gasteiger partial charge in [-0.25, -0.2) is 9.67 Å². The fourth-order valence-corrected chi connectivity index (χ4v) is 3.04. The lowest BCUT2D eigenvalue weighted by atomic mass is 10.0. The van der Waals surface area contributed by atoms with Crippen LogP contribution in [-0.2, 0) is 6.54 Å². The molecule has 3 rings (SSSR count). The van der Waals surface area contributed by atoms with E-state index < -0.39 is 0 Å². The number of anilines is 2. The van der Waals surface area contributed by atoms with Crippen molar-refractivity contribution in [1.29, 1.82) is 0 Å². The van der Waals surface area contributed by atoms with Gasteiger partial charge in [0.2, 0.25) is 0 Å². The first kappa shape index (κ1) is 18.8. The Labute approximate surface area is 161 Å². The molecule has 0 aliphatic heterocycles. The second-order valence-electron chi connectivity index (χ2n) is 6.09. The van der Waals surface area contributed by atoms with Gasteiger partial charge in [-0.1, -0.05) is 41.9 Å². The van der Waals surface area contributed by atoms with Crippen molar-refractivity contribution in [2.45, 2.75) is 27.3 Å². The van der Waals surface area contributed by atoms with Crippen molar-refractivity contribution in [3.8, 4) is 11.3 Å². The highest BCUT2D eigenvalue weighted by Crippen LogP contribution is 2.28. The number of halogens is 1. The molecule has 2 heterocycles. The molecule has 0 radical (unpaired) electrons. The zero-order valence-electron chi connectivity index (χ0n) is 15.3. The maximum absolute atomic E-state index is 12.9. The van der Waals surface area contributed by atoms with E-state index >= 15 is 0 Å². The number of pyridine rings is 1. The maximum atomic E-state index is 12.9. The largest absolute Gasteiger partial charge is 0.349 e. The summed E-state index contributed by atoms with van der Waals surface area (Å²) < 4.78 is 1.34. The van der Waals surface area contributed by atoms with Crippen LogP contribution in [0.25, 0.3) is 11.3 Å². The Balaban J connectivity index is 2.28. The van der Waals surface area contributed by atoms with Crippen molar-refractivity contribution in [2.75, 3.05) is 5.32 Å². The predicted molar refractivity (Wildman–Crippen MR) is 107 cm³/mol. The van der Waals surface area contributed by atoms with E-state index in [1.807, 2.05) is 44.2 Å². The van der Waals surface area contributed by atoms with Crippen LogP contribution >= 0.6 is 11.6 Å². The number of hydrogen-bond donors (Lipinski definition) is 1. The van der Waals surface area contributed by atoms with Crippen LogP contribution in [0.1, 0.15) is 29.8 Å². The van der Waals surface area contributed by atoms with Crippen LogP contribution in [0.2, 0.25) is 5.15 Å². The third kappa shape index (κ3) is 3.75. The minimum Gasteiger partial charge on any atom is -0.349 e. The van der Waals surface area contributed by atoms with E-state index in [2.05, 4.69) is 15.4 Å². The lowest BCUT2D eigenvalue weighted by Gasteiger charge is -2.17. The fraction of sp³-hybridized carbons (Fsp3) is 0.200. The van der Waals surface area contributed by atoms with Gasteiger partial charge < -0.3 is 5.32 Å². The molecule has 2 aromatic heterocycles. The van der Waals surface area contributed by atoms with E-state index in [1.54, 1.807) is 12.3 Å². The maximum Gasteiger partial charge on any atom is 0.291 e. The Hall–Kier alpha value is -2.99. The summed E-state index contributed by atoms with van der Waals surface area (Å²) in [5.74, 6) is -0.246. The lowest BCUT2D eigenvalue weighted by Crippen LogP contribution is -2.28. The molecule has 0 aliphatic carbocycles. The van der Waals surface area contributed by atoms with Crippen LogP contribution in [-0.4, -0.2) is 20.5 Å². The number of aromatic nitrogens is 3. The second-order valence-corrected chi connectivity index (χ2v) is 6.48. The molecule has 6 nitrogen and oxygen atoms in total.